The van der Waals surface area contributed by atoms with Gasteiger partial charge in [-0.2, -0.15) is 0 Å². The van der Waals surface area contributed by atoms with Crippen molar-refractivity contribution in [2.24, 2.45) is 0 Å². The summed E-state index contributed by atoms with van der Waals surface area (Å²) in [5.74, 6) is 0.277. The van der Waals surface area contributed by atoms with Crippen LogP contribution >= 0.6 is 11.3 Å². The minimum Gasteiger partial charge on any atom is -0.397 e. The Kier molecular flexibility index (Phi) is 6.57. The Morgan fingerprint density at radius 1 is 1.29 bits per heavy atom. The summed E-state index contributed by atoms with van der Waals surface area (Å²) in [6, 6.07) is 2.99. The molecule has 0 radical (unpaired) electrons. The van der Waals surface area contributed by atoms with Crippen LogP contribution in [0.5, 0.6) is 5.06 Å². The summed E-state index contributed by atoms with van der Waals surface area (Å²) in [6.45, 7) is 4.94. The van der Waals surface area contributed by atoms with Crippen molar-refractivity contribution < 1.29 is 23.2 Å². The number of amides is 1. The van der Waals surface area contributed by atoms with Gasteiger partial charge >= 0.3 is 6.09 Å². The van der Waals surface area contributed by atoms with Gasteiger partial charge in [-0.25, -0.2) is 14.2 Å². The lowest BCUT2D eigenvalue weighted by Gasteiger charge is -2.22. The topological polar surface area (TPSA) is 99.4 Å². The third kappa shape index (κ3) is 5.26. The molecule has 0 unspecified atom stereocenters. The highest BCUT2D eigenvalue weighted by Crippen LogP contribution is 2.30. The molecule has 0 aromatic carbocycles. The fraction of sp³-hybridized carbons (Fsp3) is 0.429. The number of nitrogens with one attached hydrogen (secondary N) is 1. The van der Waals surface area contributed by atoms with E-state index in [1.54, 1.807) is 6.07 Å². The Labute approximate surface area is 182 Å². The average Bonchev–Trinajstić information content (AvgIpc) is 3.29. The second kappa shape index (κ2) is 9.52. The molecule has 1 aliphatic heterocycles. The number of aromatic nitrogens is 3. The zero-order chi connectivity index (χ0) is 21.8. The van der Waals surface area contributed by atoms with E-state index in [4.69, 9.17) is 14.0 Å². The molecule has 3 aromatic heterocycles. The highest BCUT2D eigenvalue weighted by Gasteiger charge is 2.20. The molecule has 31 heavy (non-hydrogen) atoms. The Morgan fingerprint density at radius 3 is 2.84 bits per heavy atom. The average molecular weight is 447 g/mol. The van der Waals surface area contributed by atoms with Crippen molar-refractivity contribution in [1.29, 1.82) is 0 Å². The van der Waals surface area contributed by atoms with Crippen LogP contribution in [0, 0.1) is 19.7 Å². The molecule has 0 spiro atoms. The first-order chi connectivity index (χ1) is 15.0. The summed E-state index contributed by atoms with van der Waals surface area (Å²) in [6.07, 6.45) is 3.49. The number of hydrogen-bond acceptors (Lipinski definition) is 8. The van der Waals surface area contributed by atoms with Crippen LogP contribution in [-0.4, -0.2) is 40.5 Å². The Hall–Kier alpha value is -2.85. The standard InChI is InChI=1S/C21H23FN4O4S/c1-12-20(29-21(27)25-15-7-9-28-10-8-15)31-18(24-12)6-4-16-13(2)30-26-19(16)17-5-3-14(22)11-23-17/h3,5,11,15H,4,6-10H2,1-2H3,(H,25,27). The van der Waals surface area contributed by atoms with E-state index in [1.165, 1.54) is 17.4 Å². The lowest BCUT2D eigenvalue weighted by molar-refractivity contribution is 0.0779. The maximum absolute atomic E-state index is 13.2. The second-order valence-electron chi connectivity index (χ2n) is 7.33. The number of carbonyl (C=O) groups is 1. The fourth-order valence-electron chi connectivity index (χ4n) is 3.39. The quantitative estimate of drug-likeness (QED) is 0.611. The van der Waals surface area contributed by atoms with Gasteiger partial charge in [0.1, 0.15) is 17.3 Å². The SMILES string of the molecule is Cc1nc(CCc2c(-c3ccc(F)cn3)noc2C)sc1OC(=O)NC1CCOCC1. The summed E-state index contributed by atoms with van der Waals surface area (Å²) < 4.78 is 29.3. The van der Waals surface area contributed by atoms with E-state index in [1.807, 2.05) is 13.8 Å². The van der Waals surface area contributed by atoms with Gasteiger partial charge < -0.3 is 19.3 Å². The molecular weight excluding hydrogens is 423 g/mol. The largest absolute Gasteiger partial charge is 0.413 e. The van der Waals surface area contributed by atoms with Crippen LogP contribution in [0.3, 0.4) is 0 Å². The van der Waals surface area contributed by atoms with Crippen LogP contribution in [0.1, 0.15) is 34.9 Å². The van der Waals surface area contributed by atoms with Crippen molar-refractivity contribution in [3.05, 3.63) is 46.2 Å². The summed E-state index contributed by atoms with van der Waals surface area (Å²) in [4.78, 5) is 20.8. The maximum atomic E-state index is 13.2. The highest BCUT2D eigenvalue weighted by molar-refractivity contribution is 7.13. The van der Waals surface area contributed by atoms with Gasteiger partial charge in [0.05, 0.1) is 22.6 Å². The molecule has 8 nitrogen and oxygen atoms in total. The third-order valence-electron chi connectivity index (χ3n) is 5.07. The molecule has 1 fully saturated rings. The first-order valence-electron chi connectivity index (χ1n) is 10.1. The third-order valence-corrected chi connectivity index (χ3v) is 6.17. The smallest absolute Gasteiger partial charge is 0.397 e. The van der Waals surface area contributed by atoms with E-state index >= 15 is 0 Å². The van der Waals surface area contributed by atoms with Crippen molar-refractivity contribution in [3.8, 4) is 16.5 Å². The summed E-state index contributed by atoms with van der Waals surface area (Å²) in [5, 5.41) is 8.29. The molecule has 164 valence electrons. The van der Waals surface area contributed by atoms with Gasteiger partial charge in [0.25, 0.3) is 0 Å². The molecular formula is C21H23FN4O4S. The zero-order valence-electron chi connectivity index (χ0n) is 17.3. The van der Waals surface area contributed by atoms with E-state index in [0.717, 1.165) is 29.6 Å². The monoisotopic (exact) mass is 446 g/mol. The number of rotatable bonds is 6. The summed E-state index contributed by atoms with van der Waals surface area (Å²) in [5.41, 5.74) is 2.71. The number of aryl methyl sites for hydroxylation is 3. The molecule has 4 rings (SSSR count). The number of nitrogens with zero attached hydrogens (tertiary/aromatic N) is 3. The van der Waals surface area contributed by atoms with Crippen LogP contribution < -0.4 is 10.1 Å². The molecule has 0 bridgehead atoms. The Morgan fingerprint density at radius 2 is 2.10 bits per heavy atom. The highest BCUT2D eigenvalue weighted by atomic mass is 32.1. The van der Waals surface area contributed by atoms with Gasteiger partial charge in [-0.3, -0.25) is 4.98 Å². The number of hydrogen-bond donors (Lipinski definition) is 1. The minimum atomic E-state index is -0.468. The zero-order valence-corrected chi connectivity index (χ0v) is 18.1. The van der Waals surface area contributed by atoms with E-state index < -0.39 is 11.9 Å². The number of pyridine rings is 1. The molecule has 0 aliphatic carbocycles. The molecule has 1 saturated heterocycles. The van der Waals surface area contributed by atoms with Crippen molar-refractivity contribution in [2.75, 3.05) is 13.2 Å². The molecule has 10 heteroatoms. The van der Waals surface area contributed by atoms with Gasteiger partial charge in [-0.1, -0.05) is 16.5 Å². The normalized spacial score (nSPS) is 14.5. The summed E-state index contributed by atoms with van der Waals surface area (Å²) in [7, 11) is 0. The van der Waals surface area contributed by atoms with Crippen molar-refractivity contribution in [1.82, 2.24) is 20.4 Å². The number of thiazole rings is 1. The molecule has 1 amide bonds. The van der Waals surface area contributed by atoms with Crippen LogP contribution in [0.15, 0.2) is 22.9 Å². The van der Waals surface area contributed by atoms with E-state index in [0.29, 0.717) is 54.0 Å². The molecule has 3 aromatic rings. The van der Waals surface area contributed by atoms with Crippen molar-refractivity contribution >= 4 is 17.4 Å². The second-order valence-corrected chi connectivity index (χ2v) is 8.37. The molecule has 0 atom stereocenters. The van der Waals surface area contributed by atoms with Crippen LogP contribution in [0.25, 0.3) is 11.4 Å². The number of ether oxygens (including phenoxy) is 2. The predicted octanol–water partition coefficient (Wildman–Crippen LogP) is 4.00. The lowest BCUT2D eigenvalue weighted by atomic mass is 10.1. The molecule has 1 N–H and O–H groups in total. The van der Waals surface area contributed by atoms with Gasteiger partial charge in [0.15, 0.2) is 0 Å². The molecule has 1 aliphatic rings. The lowest BCUT2D eigenvalue weighted by Crippen LogP contribution is -2.40. The van der Waals surface area contributed by atoms with E-state index in [-0.39, 0.29) is 6.04 Å². The summed E-state index contributed by atoms with van der Waals surface area (Å²) >= 11 is 1.35. The predicted molar refractivity (Wildman–Crippen MR) is 112 cm³/mol. The van der Waals surface area contributed by atoms with Gasteiger partial charge in [0, 0.05) is 31.2 Å². The van der Waals surface area contributed by atoms with Gasteiger partial charge in [0.2, 0.25) is 5.06 Å². The van der Waals surface area contributed by atoms with Crippen LogP contribution in [-0.2, 0) is 17.6 Å². The first kappa shape index (κ1) is 21.4. The maximum Gasteiger partial charge on any atom is 0.413 e. The van der Waals surface area contributed by atoms with Crippen LogP contribution in [0.2, 0.25) is 0 Å². The van der Waals surface area contributed by atoms with Gasteiger partial charge in [-0.05, 0) is 45.2 Å². The Balaban J connectivity index is 1.39. The minimum absolute atomic E-state index is 0.0732. The Bertz CT molecular complexity index is 1040. The van der Waals surface area contributed by atoms with Crippen molar-refractivity contribution in [2.45, 2.75) is 45.6 Å². The first-order valence-corrected chi connectivity index (χ1v) is 10.9. The van der Waals surface area contributed by atoms with Crippen molar-refractivity contribution in [3.63, 3.8) is 0 Å². The van der Waals surface area contributed by atoms with E-state index in [2.05, 4.69) is 20.4 Å². The van der Waals surface area contributed by atoms with E-state index in [9.17, 15) is 9.18 Å². The molecule has 4 heterocycles. The van der Waals surface area contributed by atoms with Crippen LogP contribution in [0.4, 0.5) is 9.18 Å². The molecule has 0 saturated carbocycles. The van der Waals surface area contributed by atoms with Gasteiger partial charge in [-0.15, -0.1) is 0 Å². The fourth-order valence-corrected chi connectivity index (χ4v) is 4.31. The number of carbonyl (C=O) groups excluding carboxylic acids is 1. The number of halogens is 1.